The summed E-state index contributed by atoms with van der Waals surface area (Å²) < 4.78 is 10.5. The zero-order valence-electron chi connectivity index (χ0n) is 12.7. The van der Waals surface area contributed by atoms with E-state index in [4.69, 9.17) is 21.1 Å². The molecule has 3 rings (SSSR count). The number of nitrogens with one attached hydrogen (secondary N) is 1. The fourth-order valence-electron chi connectivity index (χ4n) is 2.37. The Bertz CT molecular complexity index is 703. The summed E-state index contributed by atoms with van der Waals surface area (Å²) in [5, 5.41) is 5.55. The van der Waals surface area contributed by atoms with E-state index in [-0.39, 0.29) is 18.7 Å². The number of benzene rings is 2. The van der Waals surface area contributed by atoms with Crippen molar-refractivity contribution in [3.63, 3.8) is 0 Å². The van der Waals surface area contributed by atoms with E-state index in [1.807, 2.05) is 29.6 Å². The molecule has 0 spiro atoms. The van der Waals surface area contributed by atoms with E-state index in [2.05, 4.69) is 12.2 Å². The standard InChI is InChI=1S/C17H17ClN2O3/c1-11(12-2-4-13(18)5-3-12)19-9-17(21)20-14-6-7-15-16(8-14)23-10-22-15/h2-8,11,19H,9-10H2,1H3,(H,20,21)/p+1/t11-/m1/s1. The molecule has 1 atom stereocenters. The number of halogens is 1. The molecule has 120 valence electrons. The maximum atomic E-state index is 12.1. The van der Waals surface area contributed by atoms with Crippen molar-refractivity contribution in [3.05, 3.63) is 53.1 Å². The van der Waals surface area contributed by atoms with E-state index in [9.17, 15) is 4.79 Å². The molecule has 0 aliphatic carbocycles. The second-order valence-corrected chi connectivity index (χ2v) is 5.83. The quantitative estimate of drug-likeness (QED) is 0.882. The molecular weight excluding hydrogens is 316 g/mol. The van der Waals surface area contributed by atoms with E-state index in [0.29, 0.717) is 28.8 Å². The lowest BCUT2D eigenvalue weighted by Crippen LogP contribution is -2.86. The van der Waals surface area contributed by atoms with Crippen LogP contribution < -0.4 is 20.1 Å². The van der Waals surface area contributed by atoms with Crippen LogP contribution in [0.3, 0.4) is 0 Å². The highest BCUT2D eigenvalue weighted by atomic mass is 35.5. The average molecular weight is 334 g/mol. The van der Waals surface area contributed by atoms with Gasteiger partial charge >= 0.3 is 0 Å². The van der Waals surface area contributed by atoms with Gasteiger partial charge in [-0.1, -0.05) is 23.7 Å². The number of rotatable bonds is 5. The number of amides is 1. The van der Waals surface area contributed by atoms with Crippen LogP contribution >= 0.6 is 11.6 Å². The molecule has 0 aromatic heterocycles. The van der Waals surface area contributed by atoms with Crippen LogP contribution in [0.5, 0.6) is 11.5 Å². The van der Waals surface area contributed by atoms with Gasteiger partial charge in [-0.15, -0.1) is 0 Å². The first-order valence-corrected chi connectivity index (χ1v) is 7.78. The third-order valence-corrected chi connectivity index (χ3v) is 3.96. The minimum atomic E-state index is -0.0651. The van der Waals surface area contributed by atoms with Gasteiger partial charge in [-0.05, 0) is 31.2 Å². The Morgan fingerprint density at radius 1 is 1.22 bits per heavy atom. The molecule has 2 aromatic carbocycles. The Kier molecular flexibility index (Phi) is 4.69. The van der Waals surface area contributed by atoms with Gasteiger partial charge in [0.15, 0.2) is 18.0 Å². The van der Waals surface area contributed by atoms with Crippen LogP contribution in [0.15, 0.2) is 42.5 Å². The lowest BCUT2D eigenvalue weighted by Gasteiger charge is -2.11. The van der Waals surface area contributed by atoms with E-state index in [1.54, 1.807) is 18.2 Å². The monoisotopic (exact) mass is 333 g/mol. The van der Waals surface area contributed by atoms with E-state index < -0.39 is 0 Å². The number of hydrogen-bond donors (Lipinski definition) is 2. The molecule has 2 aromatic rings. The highest BCUT2D eigenvalue weighted by molar-refractivity contribution is 6.30. The van der Waals surface area contributed by atoms with Crippen molar-refractivity contribution >= 4 is 23.2 Å². The lowest BCUT2D eigenvalue weighted by atomic mass is 10.1. The predicted molar refractivity (Wildman–Crippen MR) is 87.9 cm³/mol. The SMILES string of the molecule is C[C@@H]([NH2+]CC(=O)Nc1ccc2c(c1)OCO2)c1ccc(Cl)cc1. The Hall–Kier alpha value is -2.24. The van der Waals surface area contributed by atoms with Crippen LogP contribution in [0.2, 0.25) is 5.02 Å². The molecule has 0 bridgehead atoms. The van der Waals surface area contributed by atoms with Gasteiger partial charge in [0.2, 0.25) is 6.79 Å². The minimum absolute atomic E-state index is 0.0651. The number of quaternary nitrogens is 1. The summed E-state index contributed by atoms with van der Waals surface area (Å²) in [6, 6.07) is 13.2. The number of fused-ring (bicyclic) bond motifs is 1. The number of nitrogens with two attached hydrogens (primary N) is 1. The first-order chi connectivity index (χ1) is 11.1. The van der Waals surface area contributed by atoms with Gasteiger partial charge in [0.05, 0.1) is 0 Å². The van der Waals surface area contributed by atoms with Crippen LogP contribution in [0.1, 0.15) is 18.5 Å². The third-order valence-electron chi connectivity index (χ3n) is 3.71. The van der Waals surface area contributed by atoms with Crippen LogP contribution in [-0.4, -0.2) is 19.2 Å². The van der Waals surface area contributed by atoms with Gasteiger partial charge in [-0.25, -0.2) is 0 Å². The van der Waals surface area contributed by atoms with Crippen LogP contribution in [0, 0.1) is 0 Å². The topological polar surface area (TPSA) is 64.2 Å². The van der Waals surface area contributed by atoms with Gasteiger partial charge in [-0.2, -0.15) is 0 Å². The summed E-state index contributed by atoms with van der Waals surface area (Å²) >= 11 is 5.88. The van der Waals surface area contributed by atoms with Gasteiger partial charge in [0.25, 0.3) is 5.91 Å². The Morgan fingerprint density at radius 2 is 1.96 bits per heavy atom. The molecule has 6 heteroatoms. The van der Waals surface area contributed by atoms with Gasteiger partial charge < -0.3 is 20.1 Å². The average Bonchev–Trinajstić information content (AvgIpc) is 3.01. The zero-order chi connectivity index (χ0) is 16.2. The summed E-state index contributed by atoms with van der Waals surface area (Å²) in [7, 11) is 0. The molecule has 0 saturated carbocycles. The first-order valence-electron chi connectivity index (χ1n) is 7.40. The number of anilines is 1. The minimum Gasteiger partial charge on any atom is -0.454 e. The van der Waals surface area contributed by atoms with Gasteiger partial charge in [0.1, 0.15) is 6.04 Å². The number of carbonyl (C=O) groups excluding carboxylic acids is 1. The van der Waals surface area contributed by atoms with Crippen LogP contribution in [-0.2, 0) is 4.79 Å². The van der Waals surface area contributed by atoms with Gasteiger partial charge in [0, 0.05) is 22.3 Å². The molecule has 1 amide bonds. The van der Waals surface area contributed by atoms with Crippen molar-refractivity contribution in [3.8, 4) is 11.5 Å². The lowest BCUT2D eigenvalue weighted by molar-refractivity contribution is -0.682. The van der Waals surface area contributed by atoms with Crippen molar-refractivity contribution in [1.82, 2.24) is 0 Å². The zero-order valence-corrected chi connectivity index (χ0v) is 13.5. The molecule has 0 saturated heterocycles. The molecule has 23 heavy (non-hydrogen) atoms. The van der Waals surface area contributed by atoms with Crippen LogP contribution in [0.25, 0.3) is 0 Å². The van der Waals surface area contributed by atoms with Crippen molar-refractivity contribution in [1.29, 1.82) is 0 Å². The Balaban J connectivity index is 1.52. The first kappa shape index (κ1) is 15.6. The summed E-state index contributed by atoms with van der Waals surface area (Å²) in [6.45, 7) is 2.61. The second kappa shape index (κ2) is 6.89. The molecule has 0 fully saturated rings. The van der Waals surface area contributed by atoms with Crippen molar-refractivity contribution in [2.75, 3.05) is 18.7 Å². The molecular formula is C17H18ClN2O3+. The van der Waals surface area contributed by atoms with E-state index in [1.165, 1.54) is 0 Å². The second-order valence-electron chi connectivity index (χ2n) is 5.40. The molecule has 1 aliphatic heterocycles. The maximum absolute atomic E-state index is 12.1. The fraction of sp³-hybridized carbons (Fsp3) is 0.235. The smallest absolute Gasteiger partial charge is 0.279 e. The summed E-state index contributed by atoms with van der Waals surface area (Å²) in [4.78, 5) is 12.1. The van der Waals surface area contributed by atoms with Crippen molar-refractivity contribution < 1.29 is 19.6 Å². The summed E-state index contributed by atoms with van der Waals surface area (Å²) in [5.74, 6) is 1.29. The molecule has 3 N–H and O–H groups in total. The fourth-order valence-corrected chi connectivity index (χ4v) is 2.50. The predicted octanol–water partition coefficient (Wildman–Crippen LogP) is 2.33. The normalized spacial score (nSPS) is 13.7. The van der Waals surface area contributed by atoms with E-state index in [0.717, 1.165) is 5.56 Å². The Morgan fingerprint density at radius 3 is 2.74 bits per heavy atom. The number of hydrogen-bond acceptors (Lipinski definition) is 3. The summed E-state index contributed by atoms with van der Waals surface area (Å²) in [5.41, 5.74) is 1.83. The highest BCUT2D eigenvalue weighted by Gasteiger charge is 2.15. The number of ether oxygens (including phenoxy) is 2. The van der Waals surface area contributed by atoms with Crippen molar-refractivity contribution in [2.45, 2.75) is 13.0 Å². The third kappa shape index (κ3) is 3.94. The largest absolute Gasteiger partial charge is 0.454 e. The van der Waals surface area contributed by atoms with Crippen LogP contribution in [0.4, 0.5) is 5.69 Å². The highest BCUT2D eigenvalue weighted by Crippen LogP contribution is 2.34. The molecule has 1 aliphatic rings. The molecule has 0 unspecified atom stereocenters. The maximum Gasteiger partial charge on any atom is 0.279 e. The van der Waals surface area contributed by atoms with E-state index >= 15 is 0 Å². The van der Waals surface area contributed by atoms with Gasteiger partial charge in [-0.3, -0.25) is 4.79 Å². The Labute approximate surface area is 139 Å². The van der Waals surface area contributed by atoms with Crippen molar-refractivity contribution in [2.24, 2.45) is 0 Å². The molecule has 1 heterocycles. The molecule has 0 radical (unpaired) electrons. The summed E-state index contributed by atoms with van der Waals surface area (Å²) in [6.07, 6.45) is 0. The molecule has 5 nitrogen and oxygen atoms in total. The number of carbonyl (C=O) groups is 1.